The highest BCUT2D eigenvalue weighted by atomic mass is 16.5. The minimum Gasteiger partial charge on any atom is -0.497 e. The predicted molar refractivity (Wildman–Crippen MR) is 146 cm³/mol. The van der Waals surface area contributed by atoms with Crippen LogP contribution in [0.25, 0.3) is 0 Å². The summed E-state index contributed by atoms with van der Waals surface area (Å²) >= 11 is 0. The highest BCUT2D eigenvalue weighted by Crippen LogP contribution is 2.39. The minimum absolute atomic E-state index is 0.0360. The number of aryl methyl sites for hydroxylation is 1. The van der Waals surface area contributed by atoms with Crippen LogP contribution in [0.4, 0.5) is 0 Å². The van der Waals surface area contributed by atoms with Crippen molar-refractivity contribution < 1.29 is 23.9 Å². The topological polar surface area (TPSA) is 88.2 Å². The number of carbonyl (C=O) groups is 3. The van der Waals surface area contributed by atoms with Crippen molar-refractivity contribution in [3.8, 4) is 5.75 Å². The Morgan fingerprint density at radius 1 is 0.923 bits per heavy atom. The summed E-state index contributed by atoms with van der Waals surface area (Å²) in [6, 6.07) is 23.2. The van der Waals surface area contributed by atoms with Gasteiger partial charge in [0.1, 0.15) is 17.5 Å². The Labute approximate surface area is 228 Å². The number of piperidine rings is 1. The van der Waals surface area contributed by atoms with E-state index in [1.54, 1.807) is 41.2 Å². The second-order valence-corrected chi connectivity index (χ2v) is 9.99. The molecule has 1 atom stereocenters. The molecule has 1 spiro atoms. The van der Waals surface area contributed by atoms with E-state index in [4.69, 9.17) is 9.47 Å². The van der Waals surface area contributed by atoms with Gasteiger partial charge in [-0.15, -0.1) is 0 Å². The fraction of sp³-hybridized carbons (Fsp3) is 0.323. The summed E-state index contributed by atoms with van der Waals surface area (Å²) in [6.45, 7) is 3.20. The highest BCUT2D eigenvalue weighted by Gasteiger charge is 2.54. The number of likely N-dealkylation sites (tertiary alicyclic amines) is 1. The summed E-state index contributed by atoms with van der Waals surface area (Å²) in [5.41, 5.74) is 2.03. The molecule has 202 valence electrons. The van der Waals surface area contributed by atoms with Gasteiger partial charge >= 0.3 is 0 Å². The van der Waals surface area contributed by atoms with Crippen LogP contribution in [0.3, 0.4) is 0 Å². The van der Waals surface area contributed by atoms with Gasteiger partial charge in [-0.3, -0.25) is 19.3 Å². The smallest absolute Gasteiger partial charge is 0.256 e. The zero-order valence-electron chi connectivity index (χ0n) is 22.3. The molecular weight excluding hydrogens is 494 g/mol. The van der Waals surface area contributed by atoms with E-state index in [0.29, 0.717) is 49.4 Å². The standard InChI is InChI=1S/C31H33N3O5/c1-22-8-6-7-11-26(22)30(37)33-18-16-31(17-19-33)34(29(36)24-12-14-25(38-2)15-13-24)27(21-39-31)28(35)32-20-23-9-4-3-5-10-23/h3-15,27H,16-21H2,1-2H3,(H,32,35). The van der Waals surface area contributed by atoms with E-state index in [2.05, 4.69) is 5.32 Å². The number of rotatable bonds is 6. The van der Waals surface area contributed by atoms with Crippen LogP contribution in [-0.2, 0) is 16.1 Å². The van der Waals surface area contributed by atoms with Crippen LogP contribution in [-0.4, -0.2) is 66.1 Å². The third-order valence-electron chi connectivity index (χ3n) is 7.64. The Kier molecular flexibility index (Phi) is 7.65. The molecule has 3 aromatic carbocycles. The van der Waals surface area contributed by atoms with Crippen molar-refractivity contribution in [3.63, 3.8) is 0 Å². The molecule has 2 aliphatic rings. The van der Waals surface area contributed by atoms with Crippen molar-refractivity contribution >= 4 is 17.7 Å². The van der Waals surface area contributed by atoms with Crippen molar-refractivity contribution in [2.45, 2.75) is 38.1 Å². The average Bonchev–Trinajstić information content (AvgIpc) is 3.34. The van der Waals surface area contributed by atoms with Gasteiger partial charge in [-0.05, 0) is 48.4 Å². The number of hydrogen-bond donors (Lipinski definition) is 1. The Morgan fingerprint density at radius 3 is 2.26 bits per heavy atom. The summed E-state index contributed by atoms with van der Waals surface area (Å²) in [6.07, 6.45) is 0.823. The molecule has 8 nitrogen and oxygen atoms in total. The van der Waals surface area contributed by atoms with Gasteiger partial charge in [-0.1, -0.05) is 48.5 Å². The number of methoxy groups -OCH3 is 1. The van der Waals surface area contributed by atoms with Crippen LogP contribution < -0.4 is 10.1 Å². The molecule has 1 N–H and O–H groups in total. The summed E-state index contributed by atoms with van der Waals surface area (Å²) < 4.78 is 11.6. The van der Waals surface area contributed by atoms with Crippen LogP contribution in [0.1, 0.15) is 44.7 Å². The van der Waals surface area contributed by atoms with E-state index < -0.39 is 11.8 Å². The maximum atomic E-state index is 13.9. The molecule has 2 aliphatic heterocycles. The molecule has 5 rings (SSSR count). The fourth-order valence-electron chi connectivity index (χ4n) is 5.38. The molecule has 8 heteroatoms. The number of nitrogens with zero attached hydrogens (tertiary/aromatic N) is 2. The summed E-state index contributed by atoms with van der Waals surface area (Å²) in [7, 11) is 1.57. The van der Waals surface area contributed by atoms with Gasteiger partial charge in [-0.2, -0.15) is 0 Å². The van der Waals surface area contributed by atoms with Crippen LogP contribution >= 0.6 is 0 Å². The molecule has 2 saturated heterocycles. The highest BCUT2D eigenvalue weighted by molar-refractivity contribution is 5.99. The lowest BCUT2D eigenvalue weighted by Crippen LogP contribution is -2.59. The molecule has 3 aromatic rings. The maximum absolute atomic E-state index is 13.9. The van der Waals surface area contributed by atoms with Crippen molar-refractivity contribution in [1.29, 1.82) is 0 Å². The van der Waals surface area contributed by atoms with E-state index in [9.17, 15) is 14.4 Å². The average molecular weight is 528 g/mol. The summed E-state index contributed by atoms with van der Waals surface area (Å²) in [4.78, 5) is 44.0. The zero-order valence-corrected chi connectivity index (χ0v) is 22.3. The number of ether oxygens (including phenoxy) is 2. The molecule has 0 bridgehead atoms. The monoisotopic (exact) mass is 527 g/mol. The first-order valence-electron chi connectivity index (χ1n) is 13.2. The number of carbonyl (C=O) groups excluding carboxylic acids is 3. The summed E-state index contributed by atoms with van der Waals surface area (Å²) in [5.74, 6) is 0.0509. The first-order chi connectivity index (χ1) is 18.9. The second-order valence-electron chi connectivity index (χ2n) is 9.99. The number of nitrogens with one attached hydrogen (secondary N) is 1. The van der Waals surface area contributed by atoms with Crippen molar-refractivity contribution in [2.75, 3.05) is 26.8 Å². The van der Waals surface area contributed by atoms with E-state index in [1.165, 1.54) is 0 Å². The third-order valence-corrected chi connectivity index (χ3v) is 7.64. The van der Waals surface area contributed by atoms with E-state index in [0.717, 1.165) is 11.1 Å². The van der Waals surface area contributed by atoms with Gasteiger partial charge < -0.3 is 19.7 Å². The SMILES string of the molecule is COc1ccc(C(=O)N2C(C(=O)NCc3ccccc3)COC23CCN(C(=O)c2ccccc2C)CC3)cc1. The predicted octanol–water partition coefficient (Wildman–Crippen LogP) is 3.79. The lowest BCUT2D eigenvalue weighted by atomic mass is 9.95. The van der Waals surface area contributed by atoms with Gasteiger partial charge in [0.25, 0.3) is 11.8 Å². The lowest BCUT2D eigenvalue weighted by molar-refractivity contribution is -0.128. The van der Waals surface area contributed by atoms with Crippen molar-refractivity contribution in [3.05, 3.63) is 101 Å². The molecule has 0 saturated carbocycles. The van der Waals surface area contributed by atoms with Crippen LogP contribution in [0.15, 0.2) is 78.9 Å². The Hall–Kier alpha value is -4.17. The first-order valence-corrected chi connectivity index (χ1v) is 13.2. The van der Waals surface area contributed by atoms with Gasteiger partial charge in [-0.25, -0.2) is 0 Å². The summed E-state index contributed by atoms with van der Waals surface area (Å²) in [5, 5.41) is 2.97. The molecule has 1 unspecified atom stereocenters. The lowest BCUT2D eigenvalue weighted by Gasteiger charge is -2.44. The normalized spacial score (nSPS) is 18.2. The molecular formula is C31H33N3O5. The van der Waals surface area contributed by atoms with E-state index in [-0.39, 0.29) is 24.3 Å². The molecule has 0 radical (unpaired) electrons. The second kappa shape index (κ2) is 11.3. The van der Waals surface area contributed by atoms with Crippen LogP contribution in [0, 0.1) is 6.92 Å². The molecule has 3 amide bonds. The molecule has 0 aromatic heterocycles. The van der Waals surface area contributed by atoms with Crippen LogP contribution in [0.2, 0.25) is 0 Å². The van der Waals surface area contributed by atoms with E-state index in [1.807, 2.05) is 61.5 Å². The molecule has 2 heterocycles. The quantitative estimate of drug-likeness (QED) is 0.527. The van der Waals surface area contributed by atoms with Crippen molar-refractivity contribution in [2.24, 2.45) is 0 Å². The Bertz CT molecular complexity index is 1330. The van der Waals surface area contributed by atoms with Gasteiger partial charge in [0.05, 0.1) is 13.7 Å². The molecule has 2 fully saturated rings. The first kappa shape index (κ1) is 26.4. The Balaban J connectivity index is 1.37. The van der Waals surface area contributed by atoms with E-state index >= 15 is 0 Å². The van der Waals surface area contributed by atoms with Gasteiger partial charge in [0.15, 0.2) is 0 Å². The maximum Gasteiger partial charge on any atom is 0.256 e. The fourth-order valence-corrected chi connectivity index (χ4v) is 5.38. The number of hydrogen-bond acceptors (Lipinski definition) is 5. The molecule has 0 aliphatic carbocycles. The third kappa shape index (κ3) is 5.38. The largest absolute Gasteiger partial charge is 0.497 e. The minimum atomic E-state index is -0.978. The van der Waals surface area contributed by atoms with Gasteiger partial charge in [0.2, 0.25) is 5.91 Å². The van der Waals surface area contributed by atoms with Gasteiger partial charge in [0, 0.05) is 43.6 Å². The molecule has 39 heavy (non-hydrogen) atoms. The number of benzene rings is 3. The number of amides is 3. The zero-order chi connectivity index (χ0) is 27.4. The Morgan fingerprint density at radius 2 is 1.59 bits per heavy atom. The van der Waals surface area contributed by atoms with Crippen LogP contribution in [0.5, 0.6) is 5.75 Å². The van der Waals surface area contributed by atoms with Crippen molar-refractivity contribution in [1.82, 2.24) is 15.1 Å².